The van der Waals surface area contributed by atoms with Crippen LogP contribution in [0.2, 0.25) is 0 Å². The third-order valence-corrected chi connectivity index (χ3v) is 2.86. The van der Waals surface area contributed by atoms with Gasteiger partial charge in [0, 0.05) is 12.7 Å². The van der Waals surface area contributed by atoms with E-state index in [0.717, 1.165) is 11.1 Å². The van der Waals surface area contributed by atoms with E-state index in [1.54, 1.807) is 18.3 Å². The zero-order valence-electron chi connectivity index (χ0n) is 11.2. The lowest BCUT2D eigenvalue weighted by molar-refractivity contribution is 0.0600. The molecule has 2 rings (SSSR count). The maximum atomic E-state index is 11.4. The van der Waals surface area contributed by atoms with Gasteiger partial charge in [-0.05, 0) is 23.3 Å². The van der Waals surface area contributed by atoms with Gasteiger partial charge in [-0.25, -0.2) is 9.78 Å². The first kappa shape index (κ1) is 14.0. The number of anilines is 1. The van der Waals surface area contributed by atoms with Crippen molar-refractivity contribution in [3.8, 4) is 0 Å². The van der Waals surface area contributed by atoms with Gasteiger partial charge in [0.25, 0.3) is 0 Å². The molecular weight excluding hydrogens is 256 g/mol. The van der Waals surface area contributed by atoms with Crippen molar-refractivity contribution >= 4 is 11.8 Å². The van der Waals surface area contributed by atoms with Crippen molar-refractivity contribution in [1.29, 1.82) is 0 Å². The monoisotopic (exact) mass is 272 g/mol. The van der Waals surface area contributed by atoms with E-state index in [0.29, 0.717) is 17.9 Å². The van der Waals surface area contributed by atoms with E-state index in [1.807, 2.05) is 24.3 Å². The molecule has 0 aliphatic rings. The van der Waals surface area contributed by atoms with E-state index in [4.69, 9.17) is 5.11 Å². The van der Waals surface area contributed by atoms with Gasteiger partial charge in [0.05, 0.1) is 19.3 Å². The van der Waals surface area contributed by atoms with Crippen LogP contribution in [0.5, 0.6) is 0 Å². The van der Waals surface area contributed by atoms with Gasteiger partial charge in [-0.3, -0.25) is 0 Å². The summed E-state index contributed by atoms with van der Waals surface area (Å²) in [6.07, 6.45) is 1.56. The lowest BCUT2D eigenvalue weighted by Crippen LogP contribution is -2.05. The maximum absolute atomic E-state index is 11.4. The first-order chi connectivity index (χ1) is 9.72. The number of hydrogen-bond donors (Lipinski definition) is 2. The Morgan fingerprint density at radius 2 is 1.95 bits per heavy atom. The number of ether oxygens (including phenoxy) is 1. The summed E-state index contributed by atoms with van der Waals surface area (Å²) in [5.74, 6) is 0.224. The molecule has 2 aromatic rings. The number of aromatic nitrogens is 1. The number of pyridine rings is 1. The summed E-state index contributed by atoms with van der Waals surface area (Å²) in [4.78, 5) is 15.6. The molecule has 104 valence electrons. The third-order valence-electron chi connectivity index (χ3n) is 2.86. The molecular formula is C15H16N2O3. The third kappa shape index (κ3) is 3.55. The van der Waals surface area contributed by atoms with E-state index >= 15 is 0 Å². The van der Waals surface area contributed by atoms with Crippen LogP contribution in [0.15, 0.2) is 42.6 Å². The molecule has 2 N–H and O–H groups in total. The van der Waals surface area contributed by atoms with Crippen molar-refractivity contribution < 1.29 is 14.6 Å². The average Bonchev–Trinajstić information content (AvgIpc) is 2.53. The first-order valence-electron chi connectivity index (χ1n) is 6.20. The summed E-state index contributed by atoms with van der Waals surface area (Å²) in [5.41, 5.74) is 2.40. The molecule has 0 aliphatic heterocycles. The second kappa shape index (κ2) is 6.68. The minimum atomic E-state index is -0.386. The predicted molar refractivity (Wildman–Crippen MR) is 75.3 cm³/mol. The fourth-order valence-corrected chi connectivity index (χ4v) is 1.73. The topological polar surface area (TPSA) is 71.5 Å². The molecule has 5 nitrogen and oxygen atoms in total. The second-order valence-corrected chi connectivity index (χ2v) is 4.25. The Labute approximate surface area is 117 Å². The lowest BCUT2D eigenvalue weighted by Gasteiger charge is -2.07. The molecule has 0 unspecified atom stereocenters. The van der Waals surface area contributed by atoms with Crippen LogP contribution in [-0.4, -0.2) is 23.2 Å². The number of carbonyl (C=O) groups is 1. The van der Waals surface area contributed by atoms with E-state index in [1.165, 1.54) is 7.11 Å². The Balaban J connectivity index is 2.01. The average molecular weight is 272 g/mol. The fraction of sp³-hybridized carbons (Fsp3) is 0.200. The largest absolute Gasteiger partial charge is 0.465 e. The predicted octanol–water partition coefficient (Wildman–Crippen LogP) is 1.97. The summed E-state index contributed by atoms with van der Waals surface area (Å²) in [6.45, 7) is 0.625. The SMILES string of the molecule is COC(=O)c1ccnc(NCc2ccc(CO)cc2)c1. The van der Waals surface area contributed by atoms with E-state index < -0.39 is 0 Å². The Morgan fingerprint density at radius 3 is 2.60 bits per heavy atom. The van der Waals surface area contributed by atoms with Crippen LogP contribution in [-0.2, 0) is 17.9 Å². The lowest BCUT2D eigenvalue weighted by atomic mass is 10.1. The molecule has 0 saturated carbocycles. The standard InChI is InChI=1S/C15H16N2O3/c1-20-15(19)13-6-7-16-14(8-13)17-9-11-2-4-12(10-18)5-3-11/h2-8,18H,9-10H2,1H3,(H,16,17). The summed E-state index contributed by atoms with van der Waals surface area (Å²) >= 11 is 0. The van der Waals surface area contributed by atoms with Crippen molar-refractivity contribution in [2.45, 2.75) is 13.2 Å². The highest BCUT2D eigenvalue weighted by molar-refractivity contribution is 5.89. The number of aliphatic hydroxyl groups excluding tert-OH is 1. The first-order valence-corrected chi connectivity index (χ1v) is 6.20. The highest BCUT2D eigenvalue weighted by atomic mass is 16.5. The fourth-order valence-electron chi connectivity index (χ4n) is 1.73. The van der Waals surface area contributed by atoms with Crippen LogP contribution >= 0.6 is 0 Å². The van der Waals surface area contributed by atoms with E-state index in [-0.39, 0.29) is 12.6 Å². The second-order valence-electron chi connectivity index (χ2n) is 4.25. The smallest absolute Gasteiger partial charge is 0.338 e. The highest BCUT2D eigenvalue weighted by Gasteiger charge is 2.06. The number of nitrogens with zero attached hydrogens (tertiary/aromatic N) is 1. The summed E-state index contributed by atoms with van der Waals surface area (Å²) < 4.78 is 4.66. The molecule has 1 heterocycles. The van der Waals surface area contributed by atoms with Gasteiger partial charge in [-0.15, -0.1) is 0 Å². The van der Waals surface area contributed by atoms with Crippen molar-refractivity contribution in [1.82, 2.24) is 4.98 Å². The molecule has 0 radical (unpaired) electrons. The molecule has 5 heteroatoms. The summed E-state index contributed by atoms with van der Waals surface area (Å²) in [6, 6.07) is 10.9. The van der Waals surface area contributed by atoms with Gasteiger partial charge >= 0.3 is 5.97 Å². The molecule has 0 atom stereocenters. The van der Waals surface area contributed by atoms with Crippen LogP contribution in [0.25, 0.3) is 0 Å². The number of esters is 1. The van der Waals surface area contributed by atoms with Gasteiger partial charge in [-0.1, -0.05) is 24.3 Å². The minimum absolute atomic E-state index is 0.0381. The normalized spacial score (nSPS) is 10.1. The van der Waals surface area contributed by atoms with Crippen LogP contribution in [0.4, 0.5) is 5.82 Å². The van der Waals surface area contributed by atoms with Gasteiger partial charge in [0.2, 0.25) is 0 Å². The zero-order chi connectivity index (χ0) is 14.4. The van der Waals surface area contributed by atoms with E-state index in [2.05, 4.69) is 15.0 Å². The van der Waals surface area contributed by atoms with Gasteiger partial charge in [-0.2, -0.15) is 0 Å². The van der Waals surface area contributed by atoms with Crippen molar-refractivity contribution in [2.75, 3.05) is 12.4 Å². The quantitative estimate of drug-likeness (QED) is 0.814. The molecule has 0 amide bonds. The number of benzene rings is 1. The van der Waals surface area contributed by atoms with Gasteiger partial charge in [0.15, 0.2) is 0 Å². The number of hydrogen-bond acceptors (Lipinski definition) is 5. The Kier molecular flexibility index (Phi) is 4.68. The Hall–Kier alpha value is -2.40. The van der Waals surface area contributed by atoms with Gasteiger partial charge < -0.3 is 15.2 Å². The summed E-state index contributed by atoms with van der Waals surface area (Å²) in [7, 11) is 1.35. The molecule has 20 heavy (non-hydrogen) atoms. The highest BCUT2D eigenvalue weighted by Crippen LogP contribution is 2.10. The van der Waals surface area contributed by atoms with Crippen LogP contribution in [0, 0.1) is 0 Å². The Bertz CT molecular complexity index is 582. The van der Waals surface area contributed by atoms with Crippen LogP contribution in [0.1, 0.15) is 21.5 Å². The van der Waals surface area contributed by atoms with Crippen molar-refractivity contribution in [2.24, 2.45) is 0 Å². The van der Waals surface area contributed by atoms with E-state index in [9.17, 15) is 4.79 Å². The number of aliphatic hydroxyl groups is 1. The molecule has 0 spiro atoms. The number of carbonyl (C=O) groups excluding carboxylic acids is 1. The van der Waals surface area contributed by atoms with Crippen LogP contribution < -0.4 is 5.32 Å². The molecule has 1 aromatic carbocycles. The number of methoxy groups -OCH3 is 1. The van der Waals surface area contributed by atoms with Crippen LogP contribution in [0.3, 0.4) is 0 Å². The molecule has 0 bridgehead atoms. The zero-order valence-corrected chi connectivity index (χ0v) is 11.2. The van der Waals surface area contributed by atoms with Crippen molar-refractivity contribution in [3.05, 3.63) is 59.3 Å². The maximum Gasteiger partial charge on any atom is 0.338 e. The van der Waals surface area contributed by atoms with Crippen molar-refractivity contribution in [3.63, 3.8) is 0 Å². The molecule has 1 aromatic heterocycles. The van der Waals surface area contributed by atoms with Gasteiger partial charge in [0.1, 0.15) is 5.82 Å². The Morgan fingerprint density at radius 1 is 1.25 bits per heavy atom. The number of rotatable bonds is 5. The molecule has 0 saturated heterocycles. The minimum Gasteiger partial charge on any atom is -0.465 e. The number of nitrogens with one attached hydrogen (secondary N) is 1. The summed E-state index contributed by atoms with van der Waals surface area (Å²) in [5, 5.41) is 12.1. The molecule has 0 aliphatic carbocycles. The molecule has 0 fully saturated rings.